The minimum atomic E-state index is -1.55. The molecule has 0 rings (SSSR count). The third-order valence-electron chi connectivity index (χ3n) is 1.02. The molecule has 2 nitrogen and oxygen atoms in total. The quantitative estimate of drug-likeness (QED) is 0.478. The highest BCUT2D eigenvalue weighted by molar-refractivity contribution is 6.69. The van der Waals surface area contributed by atoms with Gasteiger partial charge in [-0.3, -0.25) is 0 Å². The van der Waals surface area contributed by atoms with E-state index in [-0.39, 0.29) is 6.10 Å². The van der Waals surface area contributed by atoms with E-state index >= 15 is 0 Å². The molecule has 62 valence electrons. The number of hydrogen-bond donors (Lipinski definition) is 0. The van der Waals surface area contributed by atoms with Gasteiger partial charge in [-0.2, -0.15) is 5.26 Å². The average Bonchev–Trinajstić information content (AvgIpc) is 1.84. The molecule has 0 aromatic heterocycles. The van der Waals surface area contributed by atoms with Crippen molar-refractivity contribution in [2.24, 2.45) is 0 Å². The second-order valence-electron chi connectivity index (χ2n) is 3.37. The molecule has 0 fully saturated rings. The largest absolute Gasteiger partial charge is 0.402 e. The topological polar surface area (TPSA) is 33.0 Å². The molecule has 0 bridgehead atoms. The van der Waals surface area contributed by atoms with Gasteiger partial charge in [0.05, 0.1) is 6.07 Å². The van der Waals surface area contributed by atoms with Crippen LogP contribution in [0.1, 0.15) is 6.42 Å². The van der Waals surface area contributed by atoms with Gasteiger partial charge in [-0.15, -0.1) is 6.58 Å². The van der Waals surface area contributed by atoms with E-state index in [0.717, 1.165) is 0 Å². The smallest absolute Gasteiger partial charge is 0.185 e. The first-order valence-electron chi connectivity index (χ1n) is 3.68. The molecule has 0 aliphatic heterocycles. The van der Waals surface area contributed by atoms with Gasteiger partial charge < -0.3 is 4.43 Å². The highest BCUT2D eigenvalue weighted by Gasteiger charge is 2.19. The zero-order valence-electron chi connectivity index (χ0n) is 7.42. The molecule has 0 saturated heterocycles. The summed E-state index contributed by atoms with van der Waals surface area (Å²) in [5, 5.41) is 8.62. The molecule has 0 N–H and O–H groups in total. The Kier molecular flexibility index (Phi) is 4.09. The molecule has 0 aliphatic carbocycles. The van der Waals surface area contributed by atoms with Gasteiger partial charge in [0.2, 0.25) is 0 Å². The minimum absolute atomic E-state index is 0.292. The first-order chi connectivity index (χ1) is 4.99. The Balaban J connectivity index is 3.90. The Morgan fingerprint density at radius 3 is 2.45 bits per heavy atom. The van der Waals surface area contributed by atoms with Gasteiger partial charge in [0.15, 0.2) is 8.32 Å². The first-order valence-corrected chi connectivity index (χ1v) is 7.09. The van der Waals surface area contributed by atoms with Crippen molar-refractivity contribution < 1.29 is 4.43 Å². The van der Waals surface area contributed by atoms with Crippen molar-refractivity contribution in [2.75, 3.05) is 0 Å². The molecule has 11 heavy (non-hydrogen) atoms. The molecule has 0 aromatic carbocycles. The predicted molar refractivity (Wildman–Crippen MR) is 48.6 cm³/mol. The van der Waals surface area contributed by atoms with Gasteiger partial charge in [0.1, 0.15) is 6.10 Å². The summed E-state index contributed by atoms with van der Waals surface area (Å²) in [6, 6.07) is 2.10. The zero-order chi connectivity index (χ0) is 8.91. The molecular formula is C8H15NOSi. The van der Waals surface area contributed by atoms with Crippen molar-refractivity contribution in [1.82, 2.24) is 0 Å². The normalized spacial score (nSPS) is 13.6. The van der Waals surface area contributed by atoms with Crippen molar-refractivity contribution in [1.29, 1.82) is 5.26 Å². The maximum atomic E-state index is 8.62. The van der Waals surface area contributed by atoms with Gasteiger partial charge in [-0.1, -0.05) is 6.08 Å². The molecule has 1 atom stereocenters. The molecule has 0 aromatic rings. The van der Waals surface area contributed by atoms with E-state index in [1.54, 1.807) is 6.08 Å². The summed E-state index contributed by atoms with van der Waals surface area (Å²) in [4.78, 5) is 0. The fraction of sp³-hybridized carbons (Fsp3) is 0.625. The van der Waals surface area contributed by atoms with Crippen molar-refractivity contribution >= 4 is 8.32 Å². The maximum Gasteiger partial charge on any atom is 0.185 e. The molecule has 3 heteroatoms. The van der Waals surface area contributed by atoms with Gasteiger partial charge >= 0.3 is 0 Å². The van der Waals surface area contributed by atoms with Crippen LogP contribution in [-0.2, 0) is 4.43 Å². The molecule has 0 saturated carbocycles. The van der Waals surface area contributed by atoms with Crippen LogP contribution in [0.5, 0.6) is 0 Å². The predicted octanol–water partition coefficient (Wildman–Crippen LogP) is 2.31. The van der Waals surface area contributed by atoms with Crippen LogP contribution in [0, 0.1) is 11.3 Å². The minimum Gasteiger partial charge on any atom is -0.402 e. The fourth-order valence-corrected chi connectivity index (χ4v) is 1.71. The zero-order valence-corrected chi connectivity index (χ0v) is 8.42. The monoisotopic (exact) mass is 169 g/mol. The van der Waals surface area contributed by atoms with E-state index in [2.05, 4.69) is 32.3 Å². The van der Waals surface area contributed by atoms with E-state index in [4.69, 9.17) is 9.69 Å². The molecule has 0 aliphatic rings. The van der Waals surface area contributed by atoms with Crippen LogP contribution in [0.15, 0.2) is 12.7 Å². The summed E-state index contributed by atoms with van der Waals surface area (Å²) in [6.07, 6.45) is 2.05. The van der Waals surface area contributed by atoms with Crippen LogP contribution in [-0.4, -0.2) is 14.4 Å². The van der Waals surface area contributed by atoms with Crippen molar-refractivity contribution in [3.63, 3.8) is 0 Å². The second-order valence-corrected chi connectivity index (χ2v) is 7.83. The summed E-state index contributed by atoms with van der Waals surface area (Å²) in [5.41, 5.74) is 0. The lowest BCUT2D eigenvalue weighted by molar-refractivity contribution is 0.252. The summed E-state index contributed by atoms with van der Waals surface area (Å²) in [7, 11) is -1.55. The summed E-state index contributed by atoms with van der Waals surface area (Å²) < 4.78 is 5.53. The third-order valence-corrected chi connectivity index (χ3v) is 2.01. The van der Waals surface area contributed by atoms with Gasteiger partial charge in [0.25, 0.3) is 0 Å². The Morgan fingerprint density at radius 1 is 1.64 bits per heavy atom. The molecule has 0 amide bonds. The van der Waals surface area contributed by atoms with Crippen LogP contribution in [0.2, 0.25) is 19.6 Å². The molecule has 0 spiro atoms. The third kappa shape index (κ3) is 5.83. The van der Waals surface area contributed by atoms with Gasteiger partial charge in [-0.25, -0.2) is 0 Å². The average molecular weight is 169 g/mol. The number of nitriles is 1. The SMILES string of the molecule is C=CCC(C#N)O[Si](C)(C)C. The van der Waals surface area contributed by atoms with Crippen molar-refractivity contribution in [3.05, 3.63) is 12.7 Å². The summed E-state index contributed by atoms with van der Waals surface area (Å²) in [5.74, 6) is 0. The second kappa shape index (κ2) is 4.32. The maximum absolute atomic E-state index is 8.62. The Bertz CT molecular complexity index is 166. The van der Waals surface area contributed by atoms with Crippen LogP contribution in [0.25, 0.3) is 0 Å². The van der Waals surface area contributed by atoms with E-state index in [0.29, 0.717) is 6.42 Å². The molecule has 1 unspecified atom stereocenters. The Hall–Kier alpha value is -0.593. The highest BCUT2D eigenvalue weighted by atomic mass is 28.4. The molecule has 0 heterocycles. The standard InChI is InChI=1S/C8H15NOSi/c1-5-6-8(7-9)10-11(2,3)4/h5,8H,1,6H2,2-4H3. The lowest BCUT2D eigenvalue weighted by atomic mass is 10.3. The van der Waals surface area contributed by atoms with Crippen LogP contribution >= 0.6 is 0 Å². The van der Waals surface area contributed by atoms with Crippen molar-refractivity contribution in [2.45, 2.75) is 32.2 Å². The summed E-state index contributed by atoms with van der Waals surface area (Å²) in [6.45, 7) is 9.77. The lowest BCUT2D eigenvalue weighted by Crippen LogP contribution is -2.30. The van der Waals surface area contributed by atoms with E-state index in [9.17, 15) is 0 Å². The Morgan fingerprint density at radius 2 is 2.18 bits per heavy atom. The lowest BCUT2D eigenvalue weighted by Gasteiger charge is -2.20. The highest BCUT2D eigenvalue weighted by Crippen LogP contribution is 2.09. The van der Waals surface area contributed by atoms with Crippen LogP contribution in [0.3, 0.4) is 0 Å². The van der Waals surface area contributed by atoms with E-state index in [1.807, 2.05) is 0 Å². The summed E-state index contributed by atoms with van der Waals surface area (Å²) >= 11 is 0. The van der Waals surface area contributed by atoms with Crippen LogP contribution < -0.4 is 0 Å². The molecular weight excluding hydrogens is 154 g/mol. The Labute approximate surface area is 69.6 Å². The number of hydrogen-bond acceptors (Lipinski definition) is 2. The number of nitrogens with zero attached hydrogens (tertiary/aromatic N) is 1. The van der Waals surface area contributed by atoms with Gasteiger partial charge in [-0.05, 0) is 19.6 Å². The van der Waals surface area contributed by atoms with Crippen molar-refractivity contribution in [3.8, 4) is 6.07 Å². The van der Waals surface area contributed by atoms with Gasteiger partial charge in [0, 0.05) is 6.42 Å². The van der Waals surface area contributed by atoms with E-state index in [1.165, 1.54) is 0 Å². The number of rotatable bonds is 4. The first kappa shape index (κ1) is 10.4. The molecule has 0 radical (unpaired) electrons. The van der Waals surface area contributed by atoms with Crippen LogP contribution in [0.4, 0.5) is 0 Å². The van der Waals surface area contributed by atoms with E-state index < -0.39 is 8.32 Å². The fourth-order valence-electron chi connectivity index (χ4n) is 0.705.